The molecule has 29 heavy (non-hydrogen) atoms. The van der Waals surface area contributed by atoms with E-state index >= 15 is 0 Å². The molecule has 1 atom stereocenters. The molecule has 0 fully saturated rings. The molecule has 2 rings (SSSR count). The van der Waals surface area contributed by atoms with Gasteiger partial charge in [0.25, 0.3) is 5.91 Å². The number of hydrogen-bond acceptors (Lipinski definition) is 9. The molecule has 156 valence electrons. The van der Waals surface area contributed by atoms with Crippen molar-refractivity contribution in [1.29, 1.82) is 0 Å². The van der Waals surface area contributed by atoms with Crippen molar-refractivity contribution < 1.29 is 19.1 Å². The van der Waals surface area contributed by atoms with Gasteiger partial charge < -0.3 is 10.1 Å². The van der Waals surface area contributed by atoms with E-state index in [-0.39, 0.29) is 23.3 Å². The smallest absolute Gasteiger partial charge is 0.329 e. The number of amides is 1. The average molecular weight is 454 g/mol. The fraction of sp³-hybridized carbons (Fsp3) is 0.421. The number of carbonyl (C=O) groups excluding carboxylic acids is 3. The van der Waals surface area contributed by atoms with Crippen LogP contribution in [0.5, 0.6) is 0 Å². The normalized spacial score (nSPS) is 12.3. The molecule has 1 amide bonds. The van der Waals surface area contributed by atoms with E-state index in [1.54, 1.807) is 17.0 Å². The third-order valence-corrected chi connectivity index (χ3v) is 5.97. The second-order valence-corrected chi connectivity index (χ2v) is 9.19. The predicted molar refractivity (Wildman–Crippen MR) is 117 cm³/mol. The first-order valence-corrected chi connectivity index (χ1v) is 11.8. The second kappa shape index (κ2) is 11.8. The van der Waals surface area contributed by atoms with E-state index in [9.17, 15) is 14.4 Å². The molecule has 0 aliphatic heterocycles. The van der Waals surface area contributed by atoms with Crippen molar-refractivity contribution in [3.63, 3.8) is 0 Å². The highest BCUT2D eigenvalue weighted by Crippen LogP contribution is 2.23. The third kappa shape index (κ3) is 7.71. The van der Waals surface area contributed by atoms with Crippen molar-refractivity contribution >= 4 is 51.4 Å². The number of nitrogens with one attached hydrogen (secondary N) is 1. The Morgan fingerprint density at radius 2 is 2.07 bits per heavy atom. The molecule has 0 saturated heterocycles. The molecule has 0 aliphatic rings. The molecular weight excluding hydrogens is 430 g/mol. The molecule has 0 radical (unpaired) electrons. The molecule has 1 unspecified atom stereocenters. The summed E-state index contributed by atoms with van der Waals surface area (Å²) in [5.41, 5.74) is 2.68. The number of nitrogens with zero attached hydrogens (tertiary/aromatic N) is 2. The third-order valence-electron chi connectivity index (χ3n) is 3.67. The van der Waals surface area contributed by atoms with Crippen molar-refractivity contribution in [3.05, 3.63) is 34.1 Å². The van der Waals surface area contributed by atoms with Gasteiger partial charge in [-0.1, -0.05) is 37.8 Å². The Morgan fingerprint density at radius 1 is 1.28 bits per heavy atom. The monoisotopic (exact) mass is 453 g/mol. The van der Waals surface area contributed by atoms with E-state index in [4.69, 9.17) is 4.74 Å². The minimum atomic E-state index is -0.770. The summed E-state index contributed by atoms with van der Waals surface area (Å²) in [6, 6.07) is -0.770. The summed E-state index contributed by atoms with van der Waals surface area (Å²) < 4.78 is 5.25. The number of rotatable bonds is 10. The molecule has 0 spiro atoms. The summed E-state index contributed by atoms with van der Waals surface area (Å²) in [5.74, 6) is -0.360. The van der Waals surface area contributed by atoms with E-state index in [1.807, 2.05) is 25.3 Å². The van der Waals surface area contributed by atoms with Gasteiger partial charge in [-0.2, -0.15) is 0 Å². The van der Waals surface area contributed by atoms with E-state index in [0.29, 0.717) is 10.8 Å². The molecule has 0 bridgehead atoms. The number of esters is 1. The zero-order valence-electron chi connectivity index (χ0n) is 16.4. The maximum atomic E-state index is 12.5. The highest BCUT2D eigenvalue weighted by atomic mass is 32.2. The van der Waals surface area contributed by atoms with Gasteiger partial charge in [0.1, 0.15) is 29.0 Å². The Labute approximate surface area is 182 Å². The summed E-state index contributed by atoms with van der Waals surface area (Å²) in [7, 11) is 0. The fourth-order valence-corrected chi connectivity index (χ4v) is 4.12. The number of allylic oxidation sites excluding steroid dienone is 1. The molecule has 0 aliphatic carbocycles. The number of carbonyl (C=O) groups is 3. The molecule has 7 nitrogen and oxygen atoms in total. The number of ether oxygens (including phenoxy) is 1. The van der Waals surface area contributed by atoms with Crippen LogP contribution < -0.4 is 5.32 Å². The van der Waals surface area contributed by atoms with Crippen molar-refractivity contribution in [2.24, 2.45) is 5.92 Å². The van der Waals surface area contributed by atoms with Crippen LogP contribution in [0.4, 0.5) is 0 Å². The number of aromatic nitrogens is 2. The Bertz CT molecular complexity index is 847. The van der Waals surface area contributed by atoms with Crippen LogP contribution >= 0.6 is 34.4 Å². The maximum Gasteiger partial charge on any atom is 0.329 e. The first-order chi connectivity index (χ1) is 13.9. The minimum absolute atomic E-state index is 0.0826. The molecule has 2 heterocycles. The van der Waals surface area contributed by atoms with Crippen LogP contribution in [0.25, 0.3) is 10.7 Å². The molecule has 1 N–H and O–H groups in total. The minimum Gasteiger partial charge on any atom is -0.460 e. The Balaban J connectivity index is 1.85. The lowest BCUT2D eigenvalue weighted by atomic mass is 10.0. The van der Waals surface area contributed by atoms with Gasteiger partial charge in [-0.3, -0.25) is 9.59 Å². The lowest BCUT2D eigenvalue weighted by Gasteiger charge is -2.20. The zero-order valence-corrected chi connectivity index (χ0v) is 18.9. The first kappa shape index (κ1) is 23.2. The second-order valence-electron chi connectivity index (χ2n) is 6.34. The SMILES string of the molecule is CC(=O)SCCC=CCOC(=O)C(NC(=O)c1csc(-c2cscn2)n1)C(C)C. The Kier molecular flexibility index (Phi) is 9.49. The average Bonchev–Trinajstić information content (AvgIpc) is 3.35. The van der Waals surface area contributed by atoms with Crippen LogP contribution in [0.1, 0.15) is 37.7 Å². The summed E-state index contributed by atoms with van der Waals surface area (Å²) in [6.07, 6.45) is 4.32. The van der Waals surface area contributed by atoms with Crippen LogP contribution in [-0.4, -0.2) is 45.4 Å². The number of thioether (sulfide) groups is 1. The Hall–Kier alpha value is -2.04. The summed E-state index contributed by atoms with van der Waals surface area (Å²) in [5, 5.41) is 6.97. The predicted octanol–water partition coefficient (Wildman–Crippen LogP) is 3.79. The molecule has 0 saturated carbocycles. The van der Waals surface area contributed by atoms with Crippen LogP contribution in [-0.2, 0) is 14.3 Å². The lowest BCUT2D eigenvalue weighted by molar-refractivity contribution is -0.145. The molecule has 10 heteroatoms. The van der Waals surface area contributed by atoms with Crippen LogP contribution in [0.2, 0.25) is 0 Å². The van der Waals surface area contributed by atoms with E-state index in [0.717, 1.165) is 12.1 Å². The van der Waals surface area contributed by atoms with Gasteiger partial charge in [0.2, 0.25) is 0 Å². The fourth-order valence-electron chi connectivity index (χ4n) is 2.20. The topological polar surface area (TPSA) is 98.2 Å². The zero-order chi connectivity index (χ0) is 21.2. The summed E-state index contributed by atoms with van der Waals surface area (Å²) in [4.78, 5) is 44.2. The number of thiazole rings is 2. The van der Waals surface area contributed by atoms with Gasteiger partial charge in [0.15, 0.2) is 5.12 Å². The molecular formula is C19H23N3O4S3. The number of hydrogen-bond donors (Lipinski definition) is 1. The first-order valence-electron chi connectivity index (χ1n) is 8.98. The van der Waals surface area contributed by atoms with Gasteiger partial charge in [-0.15, -0.1) is 22.7 Å². The van der Waals surface area contributed by atoms with Crippen LogP contribution in [0, 0.1) is 5.92 Å². The summed E-state index contributed by atoms with van der Waals surface area (Å²) >= 11 is 4.04. The standard InChI is InChI=1S/C19H23N3O4S3/c1-12(2)16(19(25)26-7-5-4-6-8-28-13(3)23)22-17(24)14-10-29-18(21-14)15-9-27-11-20-15/h4-5,9-12,16H,6-8H2,1-3H3,(H,22,24). The van der Waals surface area contributed by atoms with Crippen molar-refractivity contribution in [2.75, 3.05) is 12.4 Å². The van der Waals surface area contributed by atoms with Crippen molar-refractivity contribution in [1.82, 2.24) is 15.3 Å². The lowest BCUT2D eigenvalue weighted by Crippen LogP contribution is -2.45. The van der Waals surface area contributed by atoms with Gasteiger partial charge in [0, 0.05) is 23.4 Å². The van der Waals surface area contributed by atoms with Crippen molar-refractivity contribution in [3.8, 4) is 10.7 Å². The van der Waals surface area contributed by atoms with Gasteiger partial charge in [-0.05, 0) is 12.3 Å². The van der Waals surface area contributed by atoms with Crippen LogP contribution in [0.15, 0.2) is 28.4 Å². The highest BCUT2D eigenvalue weighted by molar-refractivity contribution is 8.13. The molecule has 2 aromatic rings. The van der Waals surface area contributed by atoms with Gasteiger partial charge in [-0.25, -0.2) is 14.8 Å². The maximum absolute atomic E-state index is 12.5. The van der Waals surface area contributed by atoms with Gasteiger partial charge in [0.05, 0.1) is 5.51 Å². The molecule has 0 aromatic carbocycles. The molecule has 2 aromatic heterocycles. The van der Waals surface area contributed by atoms with E-state index < -0.39 is 17.9 Å². The van der Waals surface area contributed by atoms with Gasteiger partial charge >= 0.3 is 5.97 Å². The highest BCUT2D eigenvalue weighted by Gasteiger charge is 2.27. The van der Waals surface area contributed by atoms with Crippen LogP contribution in [0.3, 0.4) is 0 Å². The van der Waals surface area contributed by atoms with E-state index in [1.165, 1.54) is 41.4 Å². The summed E-state index contributed by atoms with van der Waals surface area (Å²) in [6.45, 7) is 5.32. The largest absolute Gasteiger partial charge is 0.460 e. The van der Waals surface area contributed by atoms with Crippen molar-refractivity contribution in [2.45, 2.75) is 33.2 Å². The quantitative estimate of drug-likeness (QED) is 0.332. The Morgan fingerprint density at radius 3 is 2.72 bits per heavy atom. The van der Waals surface area contributed by atoms with E-state index in [2.05, 4.69) is 15.3 Å².